The summed E-state index contributed by atoms with van der Waals surface area (Å²) in [6.45, 7) is 2.93. The summed E-state index contributed by atoms with van der Waals surface area (Å²) < 4.78 is 22.0. The van der Waals surface area contributed by atoms with Gasteiger partial charge in [0.05, 0.1) is 5.02 Å². The number of rotatable bonds is 2. The van der Waals surface area contributed by atoms with Crippen molar-refractivity contribution in [1.82, 2.24) is 15.3 Å². The lowest BCUT2D eigenvalue weighted by molar-refractivity contribution is 0.0664. The molecule has 1 amide bonds. The molecule has 1 atom stereocenters. The van der Waals surface area contributed by atoms with Crippen molar-refractivity contribution in [2.75, 3.05) is 40.3 Å². The fraction of sp³-hybridized carbons (Fsp3) is 0.462. The number of piperazine rings is 1. The van der Waals surface area contributed by atoms with Crippen LogP contribution in [0.5, 0.6) is 0 Å². The molecule has 1 aromatic rings. The van der Waals surface area contributed by atoms with E-state index in [1.54, 1.807) is 16.4 Å². The SMILES string of the molecule is CN1CCN(C(=O)c2ccc(Cl)c(S(=O)[O-])c2)CC1.CNO. The second kappa shape index (κ2) is 9.19. The van der Waals surface area contributed by atoms with Crippen molar-refractivity contribution in [3.05, 3.63) is 28.8 Å². The van der Waals surface area contributed by atoms with E-state index >= 15 is 0 Å². The van der Waals surface area contributed by atoms with Crippen LogP contribution in [-0.4, -0.2) is 70.0 Å². The minimum absolute atomic E-state index is 0.0401. The van der Waals surface area contributed by atoms with Gasteiger partial charge in [-0.1, -0.05) is 11.6 Å². The zero-order valence-corrected chi connectivity index (χ0v) is 14.0. The van der Waals surface area contributed by atoms with E-state index in [-0.39, 0.29) is 15.8 Å². The zero-order chi connectivity index (χ0) is 16.7. The maximum Gasteiger partial charge on any atom is 0.253 e. The molecule has 0 aromatic heterocycles. The van der Waals surface area contributed by atoms with Gasteiger partial charge in [0.2, 0.25) is 0 Å². The fourth-order valence-electron chi connectivity index (χ4n) is 1.96. The molecule has 1 aliphatic heterocycles. The number of benzene rings is 1. The monoisotopic (exact) mass is 348 g/mol. The number of amides is 1. The molecule has 9 heteroatoms. The average Bonchev–Trinajstić information content (AvgIpc) is 2.48. The Morgan fingerprint density at radius 1 is 1.36 bits per heavy atom. The third-order valence-corrected chi connectivity index (χ3v) is 4.29. The van der Waals surface area contributed by atoms with E-state index in [1.807, 2.05) is 7.05 Å². The lowest BCUT2D eigenvalue weighted by Gasteiger charge is -2.32. The van der Waals surface area contributed by atoms with Crippen molar-refractivity contribution in [2.24, 2.45) is 0 Å². The number of halogens is 1. The lowest BCUT2D eigenvalue weighted by Crippen LogP contribution is -2.47. The van der Waals surface area contributed by atoms with Crippen LogP contribution in [0.15, 0.2) is 23.1 Å². The quantitative estimate of drug-likeness (QED) is 0.599. The highest BCUT2D eigenvalue weighted by Gasteiger charge is 2.20. The number of hydrogen-bond donors (Lipinski definition) is 2. The number of nitrogens with one attached hydrogen (secondary N) is 1. The Morgan fingerprint density at radius 2 is 1.91 bits per heavy atom. The Balaban J connectivity index is 0.000000745. The van der Waals surface area contributed by atoms with Gasteiger partial charge in [-0.3, -0.25) is 9.00 Å². The Bertz CT molecular complexity index is 536. The topological polar surface area (TPSA) is 95.9 Å². The van der Waals surface area contributed by atoms with Crippen LogP contribution in [-0.2, 0) is 11.1 Å². The largest absolute Gasteiger partial charge is 0.768 e. The number of hydroxylamine groups is 1. The average molecular weight is 349 g/mol. The van der Waals surface area contributed by atoms with Crippen molar-refractivity contribution in [2.45, 2.75) is 4.90 Å². The van der Waals surface area contributed by atoms with E-state index in [0.717, 1.165) is 13.1 Å². The Kier molecular flexibility index (Phi) is 7.94. The van der Waals surface area contributed by atoms with Crippen LogP contribution < -0.4 is 5.48 Å². The lowest BCUT2D eigenvalue weighted by atomic mass is 10.2. The molecule has 1 aromatic carbocycles. The van der Waals surface area contributed by atoms with Gasteiger partial charge in [0, 0.05) is 43.7 Å². The first-order chi connectivity index (χ1) is 10.4. The van der Waals surface area contributed by atoms with Crippen LogP contribution >= 0.6 is 11.6 Å². The van der Waals surface area contributed by atoms with Crippen molar-refractivity contribution in [3.8, 4) is 0 Å². The van der Waals surface area contributed by atoms with Gasteiger partial charge in [-0.15, -0.1) is 0 Å². The second-order valence-corrected chi connectivity index (χ2v) is 6.02. The normalized spacial score (nSPS) is 16.7. The first-order valence-corrected chi connectivity index (χ1v) is 8.03. The van der Waals surface area contributed by atoms with Gasteiger partial charge < -0.3 is 19.6 Å². The molecule has 1 unspecified atom stereocenters. The predicted molar refractivity (Wildman–Crippen MR) is 82.9 cm³/mol. The minimum Gasteiger partial charge on any atom is -0.768 e. The number of hydrogen-bond acceptors (Lipinski definition) is 6. The highest BCUT2D eigenvalue weighted by Crippen LogP contribution is 2.21. The molecule has 7 nitrogen and oxygen atoms in total. The van der Waals surface area contributed by atoms with E-state index in [2.05, 4.69) is 4.90 Å². The summed E-state index contributed by atoms with van der Waals surface area (Å²) in [6.07, 6.45) is 0. The van der Waals surface area contributed by atoms with E-state index in [9.17, 15) is 13.6 Å². The molecule has 0 radical (unpaired) electrons. The van der Waals surface area contributed by atoms with Gasteiger partial charge in [0.25, 0.3) is 5.91 Å². The summed E-state index contributed by atoms with van der Waals surface area (Å²) in [5.74, 6) is -0.156. The first-order valence-electron chi connectivity index (χ1n) is 6.58. The summed E-state index contributed by atoms with van der Waals surface area (Å²) in [4.78, 5) is 16.1. The Hall–Kier alpha value is -1.03. The van der Waals surface area contributed by atoms with Crippen LogP contribution in [0.1, 0.15) is 10.4 Å². The van der Waals surface area contributed by atoms with Crippen LogP contribution in [0.4, 0.5) is 0 Å². The highest BCUT2D eigenvalue weighted by molar-refractivity contribution is 7.79. The van der Waals surface area contributed by atoms with Crippen molar-refractivity contribution >= 4 is 28.6 Å². The van der Waals surface area contributed by atoms with Gasteiger partial charge in [0.15, 0.2) is 0 Å². The molecule has 1 fully saturated rings. The summed E-state index contributed by atoms with van der Waals surface area (Å²) in [6, 6.07) is 4.32. The van der Waals surface area contributed by atoms with Crippen LogP contribution in [0.2, 0.25) is 5.02 Å². The molecule has 0 bridgehead atoms. The van der Waals surface area contributed by atoms with Gasteiger partial charge in [-0.2, -0.15) is 0 Å². The number of nitrogens with zero attached hydrogens (tertiary/aromatic N) is 2. The van der Waals surface area contributed by atoms with Crippen molar-refractivity contribution < 1.29 is 18.8 Å². The Labute approximate surface area is 137 Å². The van der Waals surface area contributed by atoms with Gasteiger partial charge in [-0.25, -0.2) is 5.48 Å². The van der Waals surface area contributed by atoms with Crippen LogP contribution in [0, 0.1) is 0 Å². The molecule has 2 N–H and O–H groups in total. The number of likely N-dealkylation sites (N-methyl/N-ethyl adjacent to an activating group) is 1. The standard InChI is InChI=1S/C12H15ClN2O3S.CH5NO/c1-14-4-6-15(7-5-14)12(16)9-2-3-10(13)11(8-9)19(17)18;1-2-3/h2-3,8H,4-7H2,1H3,(H,17,18);2-3H,1H3/p-1. The summed E-state index contributed by atoms with van der Waals surface area (Å²) >= 11 is 3.34. The molecule has 0 aliphatic carbocycles. The predicted octanol–water partition coefficient (Wildman–Crippen LogP) is 0.561. The maximum absolute atomic E-state index is 12.3. The molecule has 0 saturated carbocycles. The van der Waals surface area contributed by atoms with E-state index in [0.29, 0.717) is 18.7 Å². The van der Waals surface area contributed by atoms with Gasteiger partial charge in [0.1, 0.15) is 0 Å². The minimum atomic E-state index is -2.44. The summed E-state index contributed by atoms with van der Waals surface area (Å²) in [7, 11) is 3.43. The van der Waals surface area contributed by atoms with E-state index in [4.69, 9.17) is 16.8 Å². The molecular weight excluding hydrogens is 330 g/mol. The Morgan fingerprint density at radius 3 is 2.41 bits per heavy atom. The molecule has 1 aliphatic rings. The third-order valence-electron chi connectivity index (χ3n) is 3.15. The van der Waals surface area contributed by atoms with Crippen LogP contribution in [0.25, 0.3) is 0 Å². The molecule has 1 heterocycles. The third kappa shape index (κ3) is 5.31. The maximum atomic E-state index is 12.3. The smallest absolute Gasteiger partial charge is 0.253 e. The highest BCUT2D eigenvalue weighted by atomic mass is 35.5. The summed E-state index contributed by atoms with van der Waals surface area (Å²) in [5.41, 5.74) is 2.10. The van der Waals surface area contributed by atoms with E-state index < -0.39 is 11.1 Å². The second-order valence-electron chi connectivity index (χ2n) is 4.70. The van der Waals surface area contributed by atoms with Crippen molar-refractivity contribution in [1.29, 1.82) is 0 Å². The van der Waals surface area contributed by atoms with Crippen molar-refractivity contribution in [3.63, 3.8) is 0 Å². The number of carbonyl (C=O) groups excluding carboxylic acids is 1. The zero-order valence-electron chi connectivity index (χ0n) is 12.4. The molecule has 2 rings (SSSR count). The fourth-order valence-corrected chi connectivity index (χ4v) is 2.71. The van der Waals surface area contributed by atoms with Gasteiger partial charge >= 0.3 is 0 Å². The first kappa shape index (κ1) is 19.0. The molecule has 0 spiro atoms. The molecule has 124 valence electrons. The molecular formula is C13H19ClN3O4S-. The van der Waals surface area contributed by atoms with E-state index in [1.165, 1.54) is 19.2 Å². The van der Waals surface area contributed by atoms with Gasteiger partial charge in [-0.05, 0) is 36.3 Å². The number of carbonyl (C=O) groups is 1. The summed E-state index contributed by atoms with van der Waals surface area (Å²) in [5, 5.41) is 7.45. The molecule has 22 heavy (non-hydrogen) atoms. The molecule has 1 saturated heterocycles. The van der Waals surface area contributed by atoms with Crippen LogP contribution in [0.3, 0.4) is 0 Å².